The quantitative estimate of drug-likeness (QED) is 0.483. The van der Waals surface area contributed by atoms with E-state index in [0.717, 1.165) is 44.2 Å². The molecule has 0 bridgehead atoms. The molecule has 2 aromatic heterocycles. The van der Waals surface area contributed by atoms with Gasteiger partial charge in [0, 0.05) is 31.7 Å². The van der Waals surface area contributed by atoms with Gasteiger partial charge in [-0.25, -0.2) is 9.97 Å². The minimum atomic E-state index is 0.0808. The summed E-state index contributed by atoms with van der Waals surface area (Å²) in [7, 11) is 0. The molecule has 136 valence electrons. The monoisotopic (exact) mass is 414 g/mol. The summed E-state index contributed by atoms with van der Waals surface area (Å²) in [4.78, 5) is 26.0. The largest absolute Gasteiger partial charge is 0.345 e. The van der Waals surface area contributed by atoms with Crippen molar-refractivity contribution in [2.75, 3.05) is 31.1 Å². The van der Waals surface area contributed by atoms with Crippen molar-refractivity contribution in [3.8, 4) is 0 Å². The van der Waals surface area contributed by atoms with Gasteiger partial charge < -0.3 is 9.80 Å². The van der Waals surface area contributed by atoms with Crippen LogP contribution in [0, 0.1) is 0 Å². The lowest BCUT2D eigenvalue weighted by Gasteiger charge is -2.34. The maximum atomic E-state index is 12.9. The van der Waals surface area contributed by atoms with Crippen LogP contribution in [0.15, 0.2) is 41.9 Å². The van der Waals surface area contributed by atoms with Gasteiger partial charge in [0.1, 0.15) is 5.52 Å². The summed E-state index contributed by atoms with van der Waals surface area (Å²) in [5.41, 5.74) is 4.33. The second-order valence-corrected chi connectivity index (χ2v) is 8.70. The Morgan fingerprint density at radius 2 is 1.93 bits per heavy atom. The zero-order chi connectivity index (χ0) is 18.4. The number of nitrogens with zero attached hydrogens (tertiary/aromatic N) is 4. The van der Waals surface area contributed by atoms with Crippen LogP contribution in [-0.2, 0) is 0 Å². The third kappa shape index (κ3) is 3.05. The number of carbonyl (C=O) groups excluding carboxylic acids is 1. The van der Waals surface area contributed by atoms with Crippen LogP contribution >= 0.6 is 34.3 Å². The van der Waals surface area contributed by atoms with Crippen molar-refractivity contribution in [3.05, 3.63) is 52.5 Å². The van der Waals surface area contributed by atoms with Crippen molar-refractivity contribution in [2.45, 2.75) is 0 Å². The first-order chi connectivity index (χ1) is 13.2. The number of para-hydroxylation sites is 1. The lowest BCUT2D eigenvalue weighted by atomic mass is 10.1. The lowest BCUT2D eigenvalue weighted by molar-refractivity contribution is 0.0747. The van der Waals surface area contributed by atoms with Gasteiger partial charge in [0.25, 0.3) is 5.91 Å². The highest BCUT2D eigenvalue weighted by atomic mass is 35.5. The molecule has 0 unspecified atom stereocenters. The van der Waals surface area contributed by atoms with Crippen molar-refractivity contribution in [1.82, 2.24) is 14.9 Å². The average molecular weight is 415 g/mol. The SMILES string of the molecule is O=C(c1ccc2ncsc2c1)N1CCN(c2nc3c(Cl)cccc3s2)CC1. The molecule has 5 rings (SSSR count). The van der Waals surface area contributed by atoms with Gasteiger partial charge >= 0.3 is 0 Å². The molecule has 0 N–H and O–H groups in total. The molecule has 1 amide bonds. The normalized spacial score (nSPS) is 15.0. The van der Waals surface area contributed by atoms with Crippen molar-refractivity contribution >= 4 is 65.7 Å². The Balaban J connectivity index is 1.31. The Kier molecular flexibility index (Phi) is 4.22. The summed E-state index contributed by atoms with van der Waals surface area (Å²) in [6.45, 7) is 2.91. The third-order valence-corrected chi connectivity index (χ3v) is 6.95. The van der Waals surface area contributed by atoms with E-state index >= 15 is 0 Å². The zero-order valence-corrected chi connectivity index (χ0v) is 16.7. The first kappa shape index (κ1) is 16.9. The fourth-order valence-electron chi connectivity index (χ4n) is 3.31. The Hall–Kier alpha value is -2.22. The van der Waals surface area contributed by atoms with Crippen molar-refractivity contribution in [3.63, 3.8) is 0 Å². The fourth-order valence-corrected chi connectivity index (χ4v) is 5.34. The van der Waals surface area contributed by atoms with Crippen LogP contribution in [0.4, 0.5) is 5.13 Å². The highest BCUT2D eigenvalue weighted by molar-refractivity contribution is 7.22. The van der Waals surface area contributed by atoms with Crippen molar-refractivity contribution in [1.29, 1.82) is 0 Å². The van der Waals surface area contributed by atoms with Gasteiger partial charge in [-0.3, -0.25) is 4.79 Å². The molecule has 8 heteroatoms. The maximum Gasteiger partial charge on any atom is 0.254 e. The number of rotatable bonds is 2. The van der Waals surface area contributed by atoms with Gasteiger partial charge in [-0.1, -0.05) is 29.0 Å². The summed E-state index contributed by atoms with van der Waals surface area (Å²) in [5.74, 6) is 0.0808. The first-order valence-electron chi connectivity index (χ1n) is 8.61. The number of halogens is 1. The second-order valence-electron chi connectivity index (χ2n) is 6.40. The van der Waals surface area contributed by atoms with Gasteiger partial charge in [0.15, 0.2) is 5.13 Å². The molecule has 2 aromatic carbocycles. The van der Waals surface area contributed by atoms with E-state index in [2.05, 4.69) is 9.88 Å². The number of thiazole rings is 2. The molecule has 1 fully saturated rings. The van der Waals surface area contributed by atoms with Gasteiger partial charge in [0.2, 0.25) is 0 Å². The summed E-state index contributed by atoms with van der Waals surface area (Å²) < 4.78 is 2.14. The number of anilines is 1. The predicted octanol–water partition coefficient (Wildman–Crippen LogP) is 4.52. The summed E-state index contributed by atoms with van der Waals surface area (Å²) in [6, 6.07) is 11.6. The van der Waals surface area contributed by atoms with Crippen molar-refractivity contribution < 1.29 is 4.79 Å². The van der Waals surface area contributed by atoms with E-state index in [1.54, 1.807) is 22.7 Å². The minimum Gasteiger partial charge on any atom is -0.345 e. The number of amides is 1. The molecule has 3 heterocycles. The summed E-state index contributed by atoms with van der Waals surface area (Å²) >= 11 is 9.45. The van der Waals surface area contributed by atoms with Crippen LogP contribution in [-0.4, -0.2) is 47.0 Å². The van der Waals surface area contributed by atoms with Crippen LogP contribution in [0.2, 0.25) is 5.02 Å². The smallest absolute Gasteiger partial charge is 0.254 e. The Bertz CT molecular complexity index is 1150. The Morgan fingerprint density at radius 1 is 1.07 bits per heavy atom. The van der Waals surface area contributed by atoms with E-state index in [1.165, 1.54) is 0 Å². The number of aromatic nitrogens is 2. The molecule has 1 saturated heterocycles. The molecule has 5 nitrogen and oxygen atoms in total. The number of piperazine rings is 1. The number of hydrogen-bond acceptors (Lipinski definition) is 6. The average Bonchev–Trinajstić information content (AvgIpc) is 3.34. The van der Waals surface area contributed by atoms with E-state index in [0.29, 0.717) is 18.1 Å². The molecule has 0 atom stereocenters. The van der Waals surface area contributed by atoms with Gasteiger partial charge in [0.05, 0.1) is 25.4 Å². The molecular weight excluding hydrogens is 400 g/mol. The van der Waals surface area contributed by atoms with Gasteiger partial charge in [-0.15, -0.1) is 11.3 Å². The van der Waals surface area contributed by atoms with Crippen LogP contribution < -0.4 is 4.90 Å². The number of benzene rings is 2. The first-order valence-corrected chi connectivity index (χ1v) is 10.7. The molecule has 27 heavy (non-hydrogen) atoms. The summed E-state index contributed by atoms with van der Waals surface area (Å²) in [5, 5.41) is 1.65. The topological polar surface area (TPSA) is 49.3 Å². The van der Waals surface area contributed by atoms with E-state index in [1.807, 2.05) is 46.8 Å². The zero-order valence-electron chi connectivity index (χ0n) is 14.3. The molecule has 1 aliphatic heterocycles. The molecule has 1 aliphatic rings. The van der Waals surface area contributed by atoms with E-state index in [-0.39, 0.29) is 5.91 Å². The second kappa shape index (κ2) is 6.74. The highest BCUT2D eigenvalue weighted by Gasteiger charge is 2.24. The van der Waals surface area contributed by atoms with Crippen molar-refractivity contribution in [2.24, 2.45) is 0 Å². The number of fused-ring (bicyclic) bond motifs is 2. The number of hydrogen-bond donors (Lipinski definition) is 0. The molecule has 0 saturated carbocycles. The Labute approximate surface area is 168 Å². The molecule has 4 aromatic rings. The van der Waals surface area contributed by atoms with E-state index < -0.39 is 0 Å². The molecule has 0 aliphatic carbocycles. The maximum absolute atomic E-state index is 12.9. The summed E-state index contributed by atoms with van der Waals surface area (Å²) in [6.07, 6.45) is 0. The van der Waals surface area contributed by atoms with E-state index in [4.69, 9.17) is 16.6 Å². The van der Waals surface area contributed by atoms with Crippen LogP contribution in [0.3, 0.4) is 0 Å². The molecule has 0 radical (unpaired) electrons. The highest BCUT2D eigenvalue weighted by Crippen LogP contribution is 2.33. The molecular formula is C19H15ClN4OS2. The fraction of sp³-hybridized carbons (Fsp3) is 0.211. The van der Waals surface area contributed by atoms with Gasteiger partial charge in [-0.05, 0) is 30.3 Å². The third-order valence-electron chi connectivity index (χ3n) is 4.77. The lowest BCUT2D eigenvalue weighted by Crippen LogP contribution is -2.48. The number of carbonyl (C=O) groups is 1. The van der Waals surface area contributed by atoms with Crippen LogP contribution in [0.5, 0.6) is 0 Å². The minimum absolute atomic E-state index is 0.0808. The van der Waals surface area contributed by atoms with Gasteiger partial charge in [-0.2, -0.15) is 0 Å². The predicted molar refractivity (Wildman–Crippen MR) is 112 cm³/mol. The van der Waals surface area contributed by atoms with Crippen LogP contribution in [0.25, 0.3) is 20.4 Å². The molecule has 0 spiro atoms. The Morgan fingerprint density at radius 3 is 2.74 bits per heavy atom. The van der Waals surface area contributed by atoms with Crippen LogP contribution in [0.1, 0.15) is 10.4 Å². The van der Waals surface area contributed by atoms with E-state index in [9.17, 15) is 4.79 Å². The standard InChI is InChI=1S/C19H15ClN4OS2/c20-13-2-1-3-15-17(13)22-19(27-15)24-8-6-23(7-9-24)18(25)12-4-5-14-16(10-12)26-11-21-14/h1-5,10-11H,6-9H2.